The minimum Gasteiger partial charge on any atom is -0.235 e. The summed E-state index contributed by atoms with van der Waals surface area (Å²) in [6.45, 7) is 0. The van der Waals surface area contributed by atoms with Gasteiger partial charge in [0.25, 0.3) is 0 Å². The fourth-order valence-corrected chi connectivity index (χ4v) is 2.20. The Bertz CT molecular complexity index is 412. The Morgan fingerprint density at radius 2 is 2.33 bits per heavy atom. The number of aromatic nitrogens is 1. The van der Waals surface area contributed by atoms with Crippen molar-refractivity contribution in [1.82, 2.24) is 4.98 Å². The Balaban J connectivity index is 2.92. The van der Waals surface area contributed by atoms with E-state index >= 15 is 0 Å². The van der Waals surface area contributed by atoms with Crippen LogP contribution in [-0.4, -0.2) is 4.98 Å². The molecule has 4 bridgehead atoms. The first-order valence-corrected chi connectivity index (χ1v) is 3.67. The summed E-state index contributed by atoms with van der Waals surface area (Å²) in [4.78, 5) is 5.47. The van der Waals surface area contributed by atoms with E-state index in [0.717, 1.165) is 0 Å². The number of rotatable bonds is 0. The standard InChI is InChI=1S/C7H3NS/c1-2-4-6-5(3-1)9-7(4)8-6/h1-3H. The molecule has 1 aromatic carbocycles. The van der Waals surface area contributed by atoms with Gasteiger partial charge in [-0.2, -0.15) is 0 Å². The van der Waals surface area contributed by atoms with Crippen LogP contribution >= 0.6 is 11.3 Å². The van der Waals surface area contributed by atoms with E-state index in [4.69, 9.17) is 0 Å². The van der Waals surface area contributed by atoms with E-state index in [1.54, 1.807) is 11.3 Å². The molecule has 0 aliphatic rings. The van der Waals surface area contributed by atoms with Crippen molar-refractivity contribution in [1.29, 1.82) is 0 Å². The molecule has 9 heavy (non-hydrogen) atoms. The second-order valence-electron chi connectivity index (χ2n) is 2.17. The van der Waals surface area contributed by atoms with E-state index in [0.29, 0.717) is 0 Å². The van der Waals surface area contributed by atoms with Crippen LogP contribution in [0.3, 0.4) is 0 Å². The summed E-state index contributed by atoms with van der Waals surface area (Å²) in [5.74, 6) is 0. The van der Waals surface area contributed by atoms with Crippen LogP contribution in [0.25, 0.3) is 20.4 Å². The monoisotopic (exact) mass is 133 g/mol. The molecule has 1 nitrogen and oxygen atoms in total. The van der Waals surface area contributed by atoms with Crippen LogP contribution in [0.15, 0.2) is 18.2 Å². The summed E-state index contributed by atoms with van der Waals surface area (Å²) < 4.78 is 1.34. The summed E-state index contributed by atoms with van der Waals surface area (Å²) in [7, 11) is 0. The number of thiophene rings is 1. The molecule has 0 radical (unpaired) electrons. The first kappa shape index (κ1) is 4.01. The van der Waals surface area contributed by atoms with Crippen LogP contribution in [0.2, 0.25) is 0 Å². The molecule has 0 aliphatic carbocycles. The highest BCUT2D eigenvalue weighted by molar-refractivity contribution is 7.26. The van der Waals surface area contributed by atoms with Crippen LogP contribution in [0.4, 0.5) is 0 Å². The molecule has 0 unspecified atom stereocenters. The van der Waals surface area contributed by atoms with E-state index in [9.17, 15) is 0 Å². The predicted molar refractivity (Wildman–Crippen MR) is 39.5 cm³/mol. The van der Waals surface area contributed by atoms with Crippen LogP contribution < -0.4 is 0 Å². The molecule has 0 amide bonds. The number of nitrogens with zero attached hydrogens (tertiary/aromatic N) is 1. The van der Waals surface area contributed by atoms with Gasteiger partial charge in [0.2, 0.25) is 0 Å². The molecule has 0 saturated heterocycles. The first-order valence-electron chi connectivity index (χ1n) is 2.85. The largest absolute Gasteiger partial charge is 0.235 e. The van der Waals surface area contributed by atoms with Crippen molar-refractivity contribution < 1.29 is 0 Å². The second-order valence-corrected chi connectivity index (χ2v) is 3.20. The highest BCUT2D eigenvalue weighted by atomic mass is 32.1. The highest BCUT2D eigenvalue weighted by Crippen LogP contribution is 2.37. The van der Waals surface area contributed by atoms with E-state index in [-0.39, 0.29) is 0 Å². The summed E-state index contributed by atoms with van der Waals surface area (Å²) in [6.07, 6.45) is 0. The second kappa shape index (κ2) is 1.02. The average molecular weight is 133 g/mol. The van der Waals surface area contributed by atoms with Crippen molar-refractivity contribution in [3.63, 3.8) is 0 Å². The van der Waals surface area contributed by atoms with Crippen molar-refractivity contribution in [2.45, 2.75) is 0 Å². The number of benzene rings is 1. The van der Waals surface area contributed by atoms with Gasteiger partial charge < -0.3 is 0 Å². The summed E-state index contributed by atoms with van der Waals surface area (Å²) in [6, 6.07) is 6.33. The van der Waals surface area contributed by atoms with Crippen LogP contribution in [0.1, 0.15) is 0 Å². The van der Waals surface area contributed by atoms with Gasteiger partial charge in [-0.25, -0.2) is 4.98 Å². The highest BCUT2D eigenvalue weighted by Gasteiger charge is 2.12. The lowest BCUT2D eigenvalue weighted by Crippen LogP contribution is -1.76. The van der Waals surface area contributed by atoms with Gasteiger partial charge in [0.05, 0.1) is 10.2 Å². The van der Waals surface area contributed by atoms with Crippen molar-refractivity contribution in [2.24, 2.45) is 0 Å². The van der Waals surface area contributed by atoms with Gasteiger partial charge >= 0.3 is 0 Å². The number of hydrogen-bond donors (Lipinski definition) is 0. The third-order valence-corrected chi connectivity index (χ3v) is 2.70. The maximum Gasteiger partial charge on any atom is 0.126 e. The van der Waals surface area contributed by atoms with Crippen molar-refractivity contribution in [3.8, 4) is 0 Å². The Hall–Kier alpha value is -0.890. The molecule has 3 heterocycles. The molecular formula is C7H3NS. The Morgan fingerprint density at radius 3 is 3.11 bits per heavy atom. The Kier molecular flexibility index (Phi) is 0.456. The van der Waals surface area contributed by atoms with E-state index in [1.807, 2.05) is 0 Å². The van der Waals surface area contributed by atoms with Gasteiger partial charge in [0.1, 0.15) is 4.83 Å². The number of hydrogen-bond acceptors (Lipinski definition) is 2. The van der Waals surface area contributed by atoms with Crippen LogP contribution in [-0.2, 0) is 0 Å². The maximum atomic E-state index is 4.26. The fraction of sp³-hybridized carbons (Fsp3) is 0. The average Bonchev–Trinajstić information content (AvgIpc) is 2.30. The zero-order valence-electron chi connectivity index (χ0n) is 4.59. The van der Waals surface area contributed by atoms with Crippen LogP contribution in [0, 0.1) is 0 Å². The lowest BCUT2D eigenvalue weighted by molar-refractivity contribution is 1.54. The van der Waals surface area contributed by atoms with E-state index in [2.05, 4.69) is 23.2 Å². The van der Waals surface area contributed by atoms with Gasteiger partial charge in [0.15, 0.2) is 0 Å². The molecule has 0 N–H and O–H groups in total. The lowest BCUT2D eigenvalue weighted by atomic mass is 10.2. The van der Waals surface area contributed by atoms with E-state index in [1.165, 1.54) is 20.4 Å². The van der Waals surface area contributed by atoms with Crippen molar-refractivity contribution >= 4 is 31.8 Å². The smallest absolute Gasteiger partial charge is 0.126 e. The molecular weight excluding hydrogens is 130 g/mol. The topological polar surface area (TPSA) is 12.9 Å². The molecule has 42 valence electrons. The minimum absolute atomic E-state index is 1.21. The van der Waals surface area contributed by atoms with Gasteiger partial charge in [-0.3, -0.25) is 0 Å². The molecule has 0 spiro atoms. The van der Waals surface area contributed by atoms with Gasteiger partial charge in [-0.15, -0.1) is 11.3 Å². The maximum absolute atomic E-state index is 4.26. The van der Waals surface area contributed by atoms with Gasteiger partial charge in [-0.05, 0) is 12.1 Å². The molecule has 0 saturated carbocycles. The molecule has 4 rings (SSSR count). The minimum atomic E-state index is 1.21. The van der Waals surface area contributed by atoms with Crippen molar-refractivity contribution in [3.05, 3.63) is 18.2 Å². The lowest BCUT2D eigenvalue weighted by Gasteiger charge is -1.92. The van der Waals surface area contributed by atoms with Crippen molar-refractivity contribution in [2.75, 3.05) is 0 Å². The van der Waals surface area contributed by atoms with Crippen LogP contribution in [0.5, 0.6) is 0 Å². The quantitative estimate of drug-likeness (QED) is 0.458. The third-order valence-electron chi connectivity index (χ3n) is 1.65. The van der Waals surface area contributed by atoms with E-state index < -0.39 is 0 Å². The van der Waals surface area contributed by atoms with Gasteiger partial charge in [-0.1, -0.05) is 6.07 Å². The summed E-state index contributed by atoms with van der Waals surface area (Å²) in [5.41, 5.74) is 1.22. The SMILES string of the molecule is c1cc2sc3nc2c3c1. The molecule has 3 aromatic heterocycles. The summed E-state index contributed by atoms with van der Waals surface area (Å²) >= 11 is 1.78. The molecule has 2 heteroatoms. The molecule has 0 aliphatic heterocycles. The Morgan fingerprint density at radius 1 is 1.33 bits per heavy atom. The normalized spacial score (nSPS) is 12.4. The Labute approximate surface area is 55.6 Å². The zero-order valence-corrected chi connectivity index (χ0v) is 5.40. The predicted octanol–water partition coefficient (Wildman–Crippen LogP) is 2.33. The zero-order chi connectivity index (χ0) is 5.84. The third kappa shape index (κ3) is 0.294. The first-order chi connectivity index (χ1) is 4.45. The summed E-state index contributed by atoms with van der Waals surface area (Å²) in [5, 5.41) is 1.36. The molecule has 0 fully saturated rings. The molecule has 4 aromatic rings. The molecule has 0 atom stereocenters. The van der Waals surface area contributed by atoms with Gasteiger partial charge in [0, 0.05) is 5.39 Å². The number of para-hydroxylation sites is 1. The number of thiazole rings is 1. The fourth-order valence-electron chi connectivity index (χ4n) is 1.18.